The van der Waals surface area contributed by atoms with Gasteiger partial charge in [-0.15, -0.1) is 0 Å². The Hall–Kier alpha value is -3.51. The van der Waals surface area contributed by atoms with Crippen molar-refractivity contribution in [2.24, 2.45) is 0 Å². The number of aliphatic hydroxyl groups is 1. The largest absolute Gasteiger partial charge is 0.507 e. The van der Waals surface area contributed by atoms with E-state index in [0.717, 1.165) is 51.5 Å². The lowest BCUT2D eigenvalue weighted by Gasteiger charge is -2.27. The number of nitrogens with zero attached hydrogens (tertiary/aromatic N) is 2. The second kappa shape index (κ2) is 13.2. The zero-order valence-electron chi connectivity index (χ0n) is 27.5. The van der Waals surface area contributed by atoms with Crippen LogP contribution in [0.5, 0.6) is 0 Å². The van der Waals surface area contributed by atoms with Gasteiger partial charge in [0.25, 0.3) is 20.2 Å². The predicted octanol–water partition coefficient (Wildman–Crippen LogP) is 6.78. The molecular weight excluding hydrogens is 637 g/mol. The summed E-state index contributed by atoms with van der Waals surface area (Å²) >= 11 is 0. The monoisotopic (exact) mass is 681 g/mol. The fraction of sp³-hybridized carbons (Fsp3) is 0.417. The first-order valence-electron chi connectivity index (χ1n) is 16.0. The van der Waals surface area contributed by atoms with Crippen molar-refractivity contribution in [2.45, 2.75) is 70.6 Å². The van der Waals surface area contributed by atoms with Crippen molar-refractivity contribution in [3.05, 3.63) is 107 Å². The van der Waals surface area contributed by atoms with E-state index in [-0.39, 0.29) is 40.9 Å². The fourth-order valence-corrected chi connectivity index (χ4v) is 8.16. The lowest BCUT2D eigenvalue weighted by atomic mass is 9.81. The van der Waals surface area contributed by atoms with Crippen LogP contribution in [0.1, 0.15) is 70.9 Å². The first-order chi connectivity index (χ1) is 22.0. The number of benzene rings is 2. The summed E-state index contributed by atoms with van der Waals surface area (Å²) in [5, 5.41) is 11.5. The Morgan fingerprint density at radius 3 is 2.15 bits per heavy atom. The smallest absolute Gasteiger partial charge is 0.265 e. The van der Waals surface area contributed by atoms with Gasteiger partial charge in [-0.2, -0.15) is 21.4 Å². The Morgan fingerprint density at radius 1 is 0.809 bits per heavy atom. The second-order valence-electron chi connectivity index (χ2n) is 13.6. The van der Waals surface area contributed by atoms with Gasteiger partial charge in [0.05, 0.1) is 16.9 Å². The summed E-state index contributed by atoms with van der Waals surface area (Å²) < 4.78 is 66.4. The van der Waals surface area contributed by atoms with Crippen LogP contribution in [0.15, 0.2) is 95.4 Å². The van der Waals surface area contributed by atoms with E-state index in [4.69, 9.17) is 0 Å². The lowest BCUT2D eigenvalue weighted by Crippen LogP contribution is -2.28. The Labute approximate surface area is 278 Å². The minimum Gasteiger partial charge on any atom is -0.507 e. The van der Waals surface area contributed by atoms with E-state index in [1.807, 2.05) is 60.7 Å². The molecule has 2 heterocycles. The molecule has 0 spiro atoms. The molecule has 0 aromatic heterocycles. The van der Waals surface area contributed by atoms with E-state index in [1.165, 1.54) is 0 Å². The highest BCUT2D eigenvalue weighted by molar-refractivity contribution is 7.86. The Bertz CT molecular complexity index is 1930. The zero-order chi connectivity index (χ0) is 34.2. The Balaban J connectivity index is 1.47. The third kappa shape index (κ3) is 7.48. The van der Waals surface area contributed by atoms with Crippen LogP contribution in [0.4, 0.5) is 11.4 Å². The molecule has 1 aliphatic carbocycles. The van der Waals surface area contributed by atoms with Crippen molar-refractivity contribution < 1.29 is 35.6 Å². The highest BCUT2D eigenvalue weighted by Crippen LogP contribution is 2.48. The number of fused-ring (bicyclic) bond motifs is 2. The molecule has 3 N–H and O–H groups in total. The van der Waals surface area contributed by atoms with E-state index in [0.29, 0.717) is 25.9 Å². The number of para-hydroxylation sites is 2. The molecule has 0 saturated carbocycles. The van der Waals surface area contributed by atoms with E-state index in [2.05, 4.69) is 49.3 Å². The first kappa shape index (κ1) is 34.8. The molecule has 0 bridgehead atoms. The third-order valence-electron chi connectivity index (χ3n) is 9.55. The molecule has 2 aromatic carbocycles. The quantitative estimate of drug-likeness (QED) is 0.175. The molecule has 2 aliphatic heterocycles. The van der Waals surface area contributed by atoms with E-state index in [9.17, 15) is 31.0 Å². The van der Waals surface area contributed by atoms with Crippen LogP contribution < -0.4 is 4.90 Å². The van der Waals surface area contributed by atoms with Crippen LogP contribution in [0.25, 0.3) is 0 Å². The highest BCUT2D eigenvalue weighted by Gasteiger charge is 2.44. The van der Waals surface area contributed by atoms with Gasteiger partial charge in [-0.3, -0.25) is 9.11 Å². The summed E-state index contributed by atoms with van der Waals surface area (Å²) in [6.45, 7) is 9.35. The van der Waals surface area contributed by atoms with Gasteiger partial charge in [-0.05, 0) is 74.5 Å². The molecule has 0 atom stereocenters. The van der Waals surface area contributed by atoms with Gasteiger partial charge in [0.2, 0.25) is 5.69 Å². The maximum atomic E-state index is 11.5. The molecule has 11 heteroatoms. The van der Waals surface area contributed by atoms with Gasteiger partial charge in [0, 0.05) is 47.5 Å². The number of rotatable bonds is 11. The highest BCUT2D eigenvalue weighted by atomic mass is 32.2. The fourth-order valence-electron chi connectivity index (χ4n) is 7.17. The van der Waals surface area contributed by atoms with Gasteiger partial charge in [0.15, 0.2) is 5.71 Å². The van der Waals surface area contributed by atoms with Crippen LogP contribution in [-0.2, 0) is 31.1 Å². The summed E-state index contributed by atoms with van der Waals surface area (Å²) in [6.07, 6.45) is 10.8. The number of allylic oxidation sites excluding steroid dienone is 7. The van der Waals surface area contributed by atoms with Crippen molar-refractivity contribution in [3.63, 3.8) is 0 Å². The second-order valence-corrected chi connectivity index (χ2v) is 16.7. The van der Waals surface area contributed by atoms with Crippen molar-refractivity contribution in [1.82, 2.24) is 0 Å². The third-order valence-corrected chi connectivity index (χ3v) is 11.2. The normalized spacial score (nSPS) is 20.9. The molecule has 0 amide bonds. The summed E-state index contributed by atoms with van der Waals surface area (Å²) in [4.78, 5) is 2.11. The van der Waals surface area contributed by atoms with E-state index < -0.39 is 20.2 Å². The molecule has 2 aromatic rings. The van der Waals surface area contributed by atoms with Crippen LogP contribution in [-0.4, -0.2) is 65.9 Å². The SMILES string of the molecule is CC1(C)C(=CC=C2CCCC(C=CC3=[N+](CCCS(=O)(=O)O)c4ccccc4C3(C)C)=C2O)N(CCCS(=O)(=O)O)c2ccccc21. The van der Waals surface area contributed by atoms with Crippen LogP contribution >= 0.6 is 0 Å². The lowest BCUT2D eigenvalue weighted by molar-refractivity contribution is -0.437. The van der Waals surface area contributed by atoms with Gasteiger partial charge < -0.3 is 10.0 Å². The van der Waals surface area contributed by atoms with Gasteiger partial charge in [-0.1, -0.05) is 56.3 Å². The summed E-state index contributed by atoms with van der Waals surface area (Å²) in [5.74, 6) is -0.403. The number of anilines is 1. The van der Waals surface area contributed by atoms with Gasteiger partial charge >= 0.3 is 0 Å². The van der Waals surface area contributed by atoms with Crippen molar-refractivity contribution in [1.29, 1.82) is 0 Å². The molecular formula is C36H45N2O7S2+. The maximum Gasteiger partial charge on any atom is 0.265 e. The average molecular weight is 682 g/mol. The van der Waals surface area contributed by atoms with Crippen LogP contribution in [0, 0.1) is 0 Å². The molecule has 5 rings (SSSR count). The van der Waals surface area contributed by atoms with E-state index >= 15 is 0 Å². The molecule has 252 valence electrons. The first-order valence-corrected chi connectivity index (χ1v) is 19.3. The predicted molar refractivity (Wildman–Crippen MR) is 187 cm³/mol. The minimum atomic E-state index is -4.07. The Kier molecular flexibility index (Phi) is 9.76. The van der Waals surface area contributed by atoms with Crippen molar-refractivity contribution in [3.8, 4) is 0 Å². The Morgan fingerprint density at radius 2 is 1.45 bits per heavy atom. The van der Waals surface area contributed by atoms with Crippen molar-refractivity contribution in [2.75, 3.05) is 29.5 Å². The maximum absolute atomic E-state index is 11.5. The molecule has 47 heavy (non-hydrogen) atoms. The molecule has 0 radical (unpaired) electrons. The van der Waals surface area contributed by atoms with Crippen molar-refractivity contribution >= 4 is 37.3 Å². The average Bonchev–Trinajstić information content (AvgIpc) is 3.33. The number of hydrogen-bond donors (Lipinski definition) is 3. The van der Waals surface area contributed by atoms with Gasteiger partial charge in [-0.25, -0.2) is 0 Å². The molecule has 9 nitrogen and oxygen atoms in total. The summed E-state index contributed by atoms with van der Waals surface area (Å²) in [5.41, 5.74) is 7.14. The molecule has 0 saturated heterocycles. The minimum absolute atomic E-state index is 0.238. The summed E-state index contributed by atoms with van der Waals surface area (Å²) in [6, 6.07) is 16.1. The van der Waals surface area contributed by atoms with Gasteiger partial charge in [0.1, 0.15) is 12.3 Å². The molecule has 3 aliphatic rings. The van der Waals surface area contributed by atoms with E-state index in [1.54, 1.807) is 0 Å². The summed E-state index contributed by atoms with van der Waals surface area (Å²) in [7, 11) is -8.15. The van der Waals surface area contributed by atoms with Crippen LogP contribution in [0.2, 0.25) is 0 Å². The topological polar surface area (TPSA) is 135 Å². The van der Waals surface area contributed by atoms with Crippen LogP contribution in [0.3, 0.4) is 0 Å². The molecule has 0 unspecified atom stereocenters. The standard InChI is InChI=1S/C36H44N2O7S2/c1-35(2)28-14-5-7-16-30(28)37(22-10-24-46(40,41)42)32(35)20-18-26-12-9-13-27(34(26)39)19-21-33-36(3,4)29-15-6-8-17-31(29)38(33)23-11-25-47(43,44)45/h5-8,14-21H,9-13,22-25H2,1-4H3,(H2,40,41,42,43,44,45)/p+1. The number of hydrogen-bond acceptors (Lipinski definition) is 6. The zero-order valence-corrected chi connectivity index (χ0v) is 29.1. The molecule has 0 fully saturated rings. The number of aliphatic hydroxyl groups excluding tert-OH is 1.